The van der Waals surface area contributed by atoms with Crippen LogP contribution in [0.1, 0.15) is 42.4 Å². The highest BCUT2D eigenvalue weighted by atomic mass is 19.4. The van der Waals surface area contributed by atoms with Gasteiger partial charge in [-0.05, 0) is 18.6 Å². The van der Waals surface area contributed by atoms with Crippen LogP contribution in [0.5, 0.6) is 0 Å². The number of carbonyl (C=O) groups excluding carboxylic acids is 1. The van der Waals surface area contributed by atoms with Crippen LogP contribution < -0.4 is 16.6 Å². The fraction of sp³-hybridized carbons (Fsp3) is 0.476. The van der Waals surface area contributed by atoms with Crippen molar-refractivity contribution in [3.05, 3.63) is 72.0 Å². The van der Waals surface area contributed by atoms with E-state index in [9.17, 15) is 47.9 Å². The van der Waals surface area contributed by atoms with Crippen molar-refractivity contribution in [1.29, 1.82) is 0 Å². The summed E-state index contributed by atoms with van der Waals surface area (Å²) < 4.78 is 49.1. The molecule has 2 heterocycles. The third kappa shape index (κ3) is 6.59. The van der Waals surface area contributed by atoms with Crippen molar-refractivity contribution in [3.63, 3.8) is 0 Å². The summed E-state index contributed by atoms with van der Waals surface area (Å²) in [5.74, 6) is -2.19. The van der Waals surface area contributed by atoms with Crippen LogP contribution in [0.15, 0.2) is 34.0 Å². The Morgan fingerprint density at radius 2 is 2.11 bits per heavy atom. The van der Waals surface area contributed by atoms with Crippen molar-refractivity contribution in [2.75, 3.05) is 6.61 Å². The van der Waals surface area contributed by atoms with Gasteiger partial charge in [-0.15, -0.1) is 0 Å². The Morgan fingerprint density at radius 1 is 1.41 bits per heavy atom. The molecule has 0 bridgehead atoms. The molecule has 1 saturated heterocycles. The molecule has 1 aliphatic rings. The van der Waals surface area contributed by atoms with Gasteiger partial charge < -0.3 is 25.0 Å². The summed E-state index contributed by atoms with van der Waals surface area (Å²) in [6.45, 7) is -0.0216. The largest absolute Gasteiger partial charge is 0.471 e. The number of carbonyl (C=O) groups is 1. The van der Waals surface area contributed by atoms with Crippen LogP contribution in [-0.2, 0) is 27.4 Å². The number of hydrogen-bond donors (Lipinski definition) is 4. The van der Waals surface area contributed by atoms with Crippen molar-refractivity contribution >= 4 is 11.6 Å². The molecule has 0 radical (unpaired) electrons. The van der Waals surface area contributed by atoms with Crippen molar-refractivity contribution in [3.8, 4) is 0 Å². The van der Waals surface area contributed by atoms with Crippen molar-refractivity contribution < 1.29 is 42.6 Å². The average Bonchev–Trinajstić information content (AvgIpc) is 3.21. The summed E-state index contributed by atoms with van der Waals surface area (Å²) in [6.07, 6.45) is -7.82. The Labute approximate surface area is 205 Å². The maximum Gasteiger partial charge on any atom is 0.471 e. The molecule has 0 spiro atoms. The van der Waals surface area contributed by atoms with Crippen molar-refractivity contribution in [2.24, 2.45) is 0 Å². The van der Waals surface area contributed by atoms with E-state index in [1.165, 1.54) is 19.1 Å². The molecule has 1 amide bonds. The van der Waals surface area contributed by atoms with Crippen molar-refractivity contribution in [1.82, 2.24) is 14.9 Å². The lowest BCUT2D eigenvalue weighted by molar-refractivity contribution is -0.386. The van der Waals surface area contributed by atoms with Gasteiger partial charge >= 0.3 is 17.8 Å². The van der Waals surface area contributed by atoms with E-state index < -0.39 is 78.2 Å². The van der Waals surface area contributed by atoms with Gasteiger partial charge in [-0.1, -0.05) is 6.07 Å². The van der Waals surface area contributed by atoms with Gasteiger partial charge in [0, 0.05) is 25.2 Å². The molecule has 1 aliphatic heterocycles. The molecule has 4 atom stereocenters. The number of amides is 1. The normalized spacial score (nSPS) is 20.5. The molecule has 0 aliphatic carbocycles. The van der Waals surface area contributed by atoms with E-state index in [1.54, 1.807) is 5.32 Å². The molecule has 0 saturated carbocycles. The number of ether oxygens (including phenoxy) is 2. The number of rotatable bonds is 9. The minimum Gasteiger partial charge on any atom is -0.394 e. The zero-order valence-corrected chi connectivity index (χ0v) is 19.2. The van der Waals surface area contributed by atoms with Gasteiger partial charge in [0.2, 0.25) is 0 Å². The monoisotopic (exact) mass is 532 g/mol. The van der Waals surface area contributed by atoms with Gasteiger partial charge in [0.15, 0.2) is 0 Å². The second-order valence-corrected chi connectivity index (χ2v) is 8.22. The topological polar surface area (TPSA) is 186 Å². The zero-order valence-electron chi connectivity index (χ0n) is 19.2. The molecule has 2 unspecified atom stereocenters. The first-order valence-electron chi connectivity index (χ1n) is 10.8. The number of H-pyrrole nitrogens is 1. The number of halogens is 3. The van der Waals surface area contributed by atoms with Crippen LogP contribution in [0.2, 0.25) is 0 Å². The second-order valence-electron chi connectivity index (χ2n) is 8.22. The number of nitrogens with zero attached hydrogens (tertiary/aromatic N) is 2. The Kier molecular flexibility index (Phi) is 8.47. The van der Waals surface area contributed by atoms with Crippen LogP contribution in [0.4, 0.5) is 18.9 Å². The molecule has 37 heavy (non-hydrogen) atoms. The lowest BCUT2D eigenvalue weighted by Crippen LogP contribution is -2.36. The van der Waals surface area contributed by atoms with Gasteiger partial charge in [0.05, 0.1) is 41.5 Å². The van der Waals surface area contributed by atoms with E-state index in [2.05, 4.69) is 4.98 Å². The van der Waals surface area contributed by atoms with E-state index in [0.717, 1.165) is 16.8 Å². The fourth-order valence-electron chi connectivity index (χ4n) is 3.68. The maximum atomic E-state index is 12.4. The maximum absolute atomic E-state index is 12.4. The molecular formula is C21H23F3N4O9. The molecule has 2 aromatic rings. The minimum absolute atomic E-state index is 0.0180. The van der Waals surface area contributed by atoms with Gasteiger partial charge in [0.25, 0.3) is 11.2 Å². The standard InChI is InChI=1S/C21H23F3N4O9/c1-10(13-3-2-11(4-14(13)28(34)35)6-25-19(32)21(22,23)24)36-9-12-7-27(20(33)26-18(12)31)17-5-15(30)16(8-29)37-17/h2-4,7,10,15-17,29-30H,5-6,8-9H2,1H3,(H,25,32)(H,26,31,33)/t10?,15?,16-,17-/m1/s1. The van der Waals surface area contributed by atoms with Crippen LogP contribution in [-0.4, -0.2) is 55.6 Å². The van der Waals surface area contributed by atoms with Gasteiger partial charge in [-0.25, -0.2) is 4.79 Å². The Balaban J connectivity index is 1.75. The highest BCUT2D eigenvalue weighted by molar-refractivity contribution is 5.81. The Morgan fingerprint density at radius 3 is 2.70 bits per heavy atom. The minimum atomic E-state index is -5.10. The van der Waals surface area contributed by atoms with Crippen LogP contribution in [0.25, 0.3) is 0 Å². The predicted octanol–water partition coefficient (Wildman–Crippen LogP) is 0.542. The van der Waals surface area contributed by atoms with E-state index in [0.29, 0.717) is 0 Å². The first-order valence-corrected chi connectivity index (χ1v) is 10.8. The van der Waals surface area contributed by atoms with E-state index >= 15 is 0 Å². The Hall–Kier alpha value is -3.60. The van der Waals surface area contributed by atoms with Gasteiger partial charge in [-0.2, -0.15) is 13.2 Å². The molecule has 202 valence electrons. The summed E-state index contributed by atoms with van der Waals surface area (Å²) in [4.78, 5) is 48.3. The van der Waals surface area contributed by atoms with Crippen LogP contribution in [0.3, 0.4) is 0 Å². The summed E-state index contributed by atoms with van der Waals surface area (Å²) in [5, 5.41) is 32.3. The molecule has 4 N–H and O–H groups in total. The Bertz CT molecular complexity index is 1280. The van der Waals surface area contributed by atoms with Crippen LogP contribution >= 0.6 is 0 Å². The summed E-state index contributed by atoms with van der Waals surface area (Å²) in [7, 11) is 0. The number of aliphatic hydroxyl groups is 2. The average molecular weight is 532 g/mol. The predicted molar refractivity (Wildman–Crippen MR) is 117 cm³/mol. The van der Waals surface area contributed by atoms with Gasteiger partial charge in [0.1, 0.15) is 12.3 Å². The van der Waals surface area contributed by atoms with E-state index in [4.69, 9.17) is 9.47 Å². The number of benzene rings is 1. The summed E-state index contributed by atoms with van der Waals surface area (Å²) in [6, 6.07) is 3.54. The van der Waals surface area contributed by atoms with Crippen LogP contribution in [0, 0.1) is 10.1 Å². The molecule has 1 fully saturated rings. The SMILES string of the molecule is CC(OCc1cn([C@H]2CC(O)[C@@H](CO)O2)c(=O)[nH]c1=O)c1ccc(CNC(=O)C(F)(F)F)cc1[N+](=O)[O-]. The molecule has 1 aromatic carbocycles. The first-order chi connectivity index (χ1) is 17.3. The number of nitro groups is 1. The zero-order chi connectivity index (χ0) is 27.5. The van der Waals surface area contributed by atoms with E-state index in [1.807, 2.05) is 0 Å². The highest BCUT2D eigenvalue weighted by Crippen LogP contribution is 2.30. The lowest BCUT2D eigenvalue weighted by atomic mass is 10.0. The highest BCUT2D eigenvalue weighted by Gasteiger charge is 2.38. The van der Waals surface area contributed by atoms with Crippen molar-refractivity contribution in [2.45, 2.75) is 57.2 Å². The second kappa shape index (κ2) is 11.2. The number of aromatic amines is 1. The molecular weight excluding hydrogens is 509 g/mol. The number of aromatic nitrogens is 2. The lowest BCUT2D eigenvalue weighted by Gasteiger charge is -2.17. The fourth-order valence-corrected chi connectivity index (χ4v) is 3.68. The number of hydrogen-bond acceptors (Lipinski definition) is 9. The quantitative estimate of drug-likeness (QED) is 0.264. The third-order valence-electron chi connectivity index (χ3n) is 5.66. The first kappa shape index (κ1) is 28.0. The number of nitrogens with one attached hydrogen (secondary N) is 2. The summed E-state index contributed by atoms with van der Waals surface area (Å²) >= 11 is 0. The number of nitro benzene ring substituents is 1. The molecule has 1 aromatic heterocycles. The van der Waals surface area contributed by atoms with E-state index in [-0.39, 0.29) is 23.1 Å². The smallest absolute Gasteiger partial charge is 0.394 e. The number of aliphatic hydroxyl groups excluding tert-OH is 2. The third-order valence-corrected chi connectivity index (χ3v) is 5.66. The van der Waals surface area contributed by atoms with Gasteiger partial charge in [-0.3, -0.25) is 29.3 Å². The molecule has 3 rings (SSSR count). The molecule has 13 nitrogen and oxygen atoms in total. The molecule has 16 heteroatoms. The number of alkyl halides is 3. The summed E-state index contributed by atoms with van der Waals surface area (Å²) in [5.41, 5.74) is -2.02.